The molecule has 0 saturated heterocycles. The van der Waals surface area contributed by atoms with Gasteiger partial charge in [-0.15, -0.1) is 11.8 Å². The highest BCUT2D eigenvalue weighted by molar-refractivity contribution is 8.00. The topological polar surface area (TPSA) is 92.3 Å². The van der Waals surface area contributed by atoms with E-state index in [1.807, 2.05) is 4.72 Å². The number of anilines is 1. The van der Waals surface area contributed by atoms with Gasteiger partial charge in [-0.2, -0.15) is 0 Å². The zero-order valence-electron chi connectivity index (χ0n) is 17.8. The molecule has 2 amide bonds. The first kappa shape index (κ1) is 24.5. The molecule has 0 radical (unpaired) electrons. The van der Waals surface area contributed by atoms with E-state index in [4.69, 9.17) is 0 Å². The Balaban J connectivity index is 1.41. The molecule has 4 rings (SSSR count). The van der Waals surface area contributed by atoms with E-state index in [1.54, 1.807) is 0 Å². The number of sulfonamides is 1. The van der Waals surface area contributed by atoms with Gasteiger partial charge in [-0.25, -0.2) is 26.0 Å². The molecular formula is C22H20F4N2O4S2. The molecule has 12 heteroatoms. The first-order chi connectivity index (χ1) is 15.8. The van der Waals surface area contributed by atoms with Gasteiger partial charge in [0, 0.05) is 39.9 Å². The third kappa shape index (κ3) is 5.38. The Morgan fingerprint density at radius 2 is 1.74 bits per heavy atom. The summed E-state index contributed by atoms with van der Waals surface area (Å²) in [5, 5.41) is 2.23. The average molecular weight is 517 g/mol. The van der Waals surface area contributed by atoms with E-state index >= 15 is 0 Å². The van der Waals surface area contributed by atoms with Crippen molar-refractivity contribution in [2.24, 2.45) is 11.3 Å². The molecule has 2 fully saturated rings. The number of benzene rings is 2. The van der Waals surface area contributed by atoms with Gasteiger partial charge in [-0.3, -0.25) is 14.3 Å². The predicted octanol–water partition coefficient (Wildman–Crippen LogP) is 4.22. The number of hydrogen-bond acceptors (Lipinski definition) is 5. The van der Waals surface area contributed by atoms with Gasteiger partial charge in [0.2, 0.25) is 15.9 Å². The van der Waals surface area contributed by atoms with Crippen molar-refractivity contribution in [3.8, 4) is 0 Å². The third-order valence-corrected chi connectivity index (χ3v) is 7.94. The van der Waals surface area contributed by atoms with Crippen molar-refractivity contribution in [3.63, 3.8) is 0 Å². The summed E-state index contributed by atoms with van der Waals surface area (Å²) in [7, 11) is -3.64. The van der Waals surface area contributed by atoms with Gasteiger partial charge in [0.25, 0.3) is 5.91 Å². The Kier molecular flexibility index (Phi) is 6.40. The Hall–Kier alpha value is -2.60. The first-order valence-electron chi connectivity index (χ1n) is 10.3. The molecule has 0 bridgehead atoms. The van der Waals surface area contributed by atoms with Gasteiger partial charge in [-0.1, -0.05) is 0 Å². The number of fused-ring (bicyclic) bond motifs is 1. The third-order valence-electron chi connectivity index (χ3n) is 6.08. The van der Waals surface area contributed by atoms with Crippen LogP contribution in [0, 0.1) is 34.6 Å². The van der Waals surface area contributed by atoms with Gasteiger partial charge >= 0.3 is 0 Å². The molecule has 0 heterocycles. The molecule has 3 unspecified atom stereocenters. The number of nitrogens with one attached hydrogen (secondary N) is 2. The van der Waals surface area contributed by atoms with E-state index in [1.165, 1.54) is 23.9 Å². The SMILES string of the molecule is CS(=O)(=O)NC(=O)CC12CC(Sc3cc(C(=O)Nc4cc(F)c(F)c(F)c4)ccc3F)CC1C2. The van der Waals surface area contributed by atoms with Crippen LogP contribution in [0.15, 0.2) is 35.2 Å². The molecule has 2 aliphatic rings. The number of amides is 2. The lowest BCUT2D eigenvalue weighted by Crippen LogP contribution is -2.31. The highest BCUT2D eigenvalue weighted by atomic mass is 32.2. The second kappa shape index (κ2) is 8.88. The summed E-state index contributed by atoms with van der Waals surface area (Å²) in [5.74, 6) is -6.18. The molecule has 6 nitrogen and oxygen atoms in total. The van der Waals surface area contributed by atoms with Gasteiger partial charge in [0.1, 0.15) is 5.82 Å². The van der Waals surface area contributed by atoms with Crippen molar-refractivity contribution >= 4 is 39.3 Å². The number of carbonyl (C=O) groups excluding carboxylic acids is 2. The molecule has 0 aromatic heterocycles. The zero-order valence-corrected chi connectivity index (χ0v) is 19.5. The largest absolute Gasteiger partial charge is 0.322 e. The Labute approximate surface area is 197 Å². The molecule has 2 aromatic rings. The molecule has 182 valence electrons. The van der Waals surface area contributed by atoms with Crippen molar-refractivity contribution in [3.05, 3.63) is 59.2 Å². The number of halogens is 4. The summed E-state index contributed by atoms with van der Waals surface area (Å²) in [6, 6.07) is 4.92. The molecule has 0 aliphatic heterocycles. The van der Waals surface area contributed by atoms with E-state index in [0.29, 0.717) is 18.6 Å². The molecule has 2 aromatic carbocycles. The van der Waals surface area contributed by atoms with Crippen molar-refractivity contribution in [2.45, 2.75) is 35.8 Å². The summed E-state index contributed by atoms with van der Waals surface area (Å²) >= 11 is 1.22. The van der Waals surface area contributed by atoms with E-state index in [2.05, 4.69) is 5.32 Å². The van der Waals surface area contributed by atoms with Crippen molar-refractivity contribution < 1.29 is 35.6 Å². The van der Waals surface area contributed by atoms with Crippen LogP contribution >= 0.6 is 11.8 Å². The monoisotopic (exact) mass is 516 g/mol. The van der Waals surface area contributed by atoms with Gasteiger partial charge < -0.3 is 5.32 Å². The standard InChI is InChI=1S/C22H20F4N2O4S2/c1-34(31,32)28-19(29)10-22-8-12(22)5-14(9-22)33-18-4-11(2-3-15(18)23)21(30)27-13-6-16(24)20(26)17(25)7-13/h2-4,6-7,12,14H,5,8-10H2,1H3,(H,27,30)(H,28,29). The molecule has 34 heavy (non-hydrogen) atoms. The minimum atomic E-state index is -3.64. The maximum atomic E-state index is 14.4. The smallest absolute Gasteiger partial charge is 0.255 e. The highest BCUT2D eigenvalue weighted by Gasteiger charge is 2.60. The summed E-state index contributed by atoms with van der Waals surface area (Å²) in [4.78, 5) is 24.7. The normalized spacial score (nSPS) is 23.3. The van der Waals surface area contributed by atoms with Crippen molar-refractivity contribution in [1.82, 2.24) is 4.72 Å². The summed E-state index contributed by atoms with van der Waals surface area (Å²) in [5.41, 5.74) is -0.543. The fourth-order valence-corrected chi connectivity index (χ4v) is 6.52. The van der Waals surface area contributed by atoms with Crippen LogP contribution in [0.5, 0.6) is 0 Å². The van der Waals surface area contributed by atoms with Gasteiger partial charge in [-0.05, 0) is 48.8 Å². The van der Waals surface area contributed by atoms with E-state index in [9.17, 15) is 35.6 Å². The molecule has 2 aliphatic carbocycles. The molecule has 0 spiro atoms. The molecule has 2 saturated carbocycles. The number of rotatable bonds is 7. The average Bonchev–Trinajstić information content (AvgIpc) is 3.25. The van der Waals surface area contributed by atoms with Gasteiger partial charge in [0.05, 0.1) is 6.26 Å². The van der Waals surface area contributed by atoms with Crippen LogP contribution in [0.1, 0.15) is 36.0 Å². The quantitative estimate of drug-likeness (QED) is 0.425. The summed E-state index contributed by atoms with van der Waals surface area (Å²) in [6.45, 7) is 0. The highest BCUT2D eigenvalue weighted by Crippen LogP contribution is 2.67. The minimum absolute atomic E-state index is 0.0297. The molecule has 2 N–H and O–H groups in total. The summed E-state index contributed by atoms with van der Waals surface area (Å²) in [6.07, 6.45) is 3.12. The van der Waals surface area contributed by atoms with Crippen LogP contribution in [0.25, 0.3) is 0 Å². The van der Waals surface area contributed by atoms with Crippen LogP contribution in [-0.2, 0) is 14.8 Å². The van der Waals surface area contributed by atoms with E-state index in [-0.39, 0.29) is 39.1 Å². The lowest BCUT2D eigenvalue weighted by Gasteiger charge is -2.17. The van der Waals surface area contributed by atoms with Crippen molar-refractivity contribution in [1.29, 1.82) is 0 Å². The first-order valence-corrected chi connectivity index (χ1v) is 13.0. The number of thioether (sulfide) groups is 1. The lowest BCUT2D eigenvalue weighted by molar-refractivity contribution is -0.120. The fourth-order valence-electron chi connectivity index (χ4n) is 4.56. The van der Waals surface area contributed by atoms with E-state index in [0.717, 1.165) is 25.2 Å². The van der Waals surface area contributed by atoms with Crippen LogP contribution < -0.4 is 10.0 Å². The van der Waals surface area contributed by atoms with Crippen molar-refractivity contribution in [2.75, 3.05) is 11.6 Å². The molecule has 3 atom stereocenters. The predicted molar refractivity (Wildman–Crippen MR) is 118 cm³/mol. The second-order valence-corrected chi connectivity index (χ2v) is 11.9. The Bertz CT molecular complexity index is 1260. The minimum Gasteiger partial charge on any atom is -0.322 e. The summed E-state index contributed by atoms with van der Waals surface area (Å²) < 4.78 is 78.8. The molecular weight excluding hydrogens is 496 g/mol. The number of hydrogen-bond donors (Lipinski definition) is 2. The van der Waals surface area contributed by atoms with Crippen LogP contribution in [0.2, 0.25) is 0 Å². The number of carbonyl (C=O) groups is 2. The second-order valence-electron chi connectivity index (χ2n) is 8.77. The Morgan fingerprint density at radius 3 is 2.38 bits per heavy atom. The zero-order chi connectivity index (χ0) is 24.8. The maximum absolute atomic E-state index is 14.4. The van der Waals surface area contributed by atoms with Crippen LogP contribution in [0.3, 0.4) is 0 Å². The fraction of sp³-hybridized carbons (Fsp3) is 0.364. The van der Waals surface area contributed by atoms with Crippen LogP contribution in [-0.4, -0.2) is 31.7 Å². The lowest BCUT2D eigenvalue weighted by atomic mass is 9.99. The Morgan fingerprint density at radius 1 is 1.06 bits per heavy atom. The van der Waals surface area contributed by atoms with Crippen LogP contribution in [0.4, 0.5) is 23.2 Å². The van der Waals surface area contributed by atoms with E-state index < -0.39 is 45.1 Å². The maximum Gasteiger partial charge on any atom is 0.255 e. The van der Waals surface area contributed by atoms with Gasteiger partial charge in [0.15, 0.2) is 17.5 Å².